The fraction of sp³-hybridized carbons (Fsp3) is 0.0556. The molecule has 4 nitrogen and oxygen atoms in total. The molecule has 4 aromatic rings. The predicted molar refractivity (Wildman–Crippen MR) is 86.2 cm³/mol. The number of halogens is 2. The molecule has 0 atom stereocenters. The second-order valence-electron chi connectivity index (χ2n) is 5.42. The quantitative estimate of drug-likeness (QED) is 0.576. The van der Waals surface area contributed by atoms with E-state index >= 15 is 0 Å². The monoisotopic (exact) mass is 322 g/mol. The summed E-state index contributed by atoms with van der Waals surface area (Å²) in [5, 5.41) is 7.95. The Balaban J connectivity index is 1.76. The summed E-state index contributed by atoms with van der Waals surface area (Å²) in [6.07, 6.45) is 5.20. The number of pyridine rings is 1. The van der Waals surface area contributed by atoms with E-state index in [0.717, 1.165) is 28.4 Å². The van der Waals surface area contributed by atoms with Gasteiger partial charge in [0.1, 0.15) is 0 Å². The van der Waals surface area contributed by atoms with Crippen molar-refractivity contribution >= 4 is 11.0 Å². The maximum Gasteiger partial charge on any atom is 0.159 e. The molecular weight excluding hydrogens is 310 g/mol. The van der Waals surface area contributed by atoms with Gasteiger partial charge in [0.25, 0.3) is 0 Å². The van der Waals surface area contributed by atoms with Gasteiger partial charge >= 0.3 is 0 Å². The van der Waals surface area contributed by atoms with Crippen molar-refractivity contribution in [2.24, 2.45) is 0 Å². The summed E-state index contributed by atoms with van der Waals surface area (Å²) in [4.78, 5) is 4.40. The Kier molecular flexibility index (Phi) is 3.49. The Hall–Kier alpha value is -3.15. The molecule has 0 aliphatic carbocycles. The van der Waals surface area contributed by atoms with Crippen molar-refractivity contribution < 1.29 is 8.78 Å². The van der Waals surface area contributed by atoms with Crippen molar-refractivity contribution in [2.75, 3.05) is 0 Å². The predicted octanol–water partition coefficient (Wildman–Crippen LogP) is 3.82. The molecule has 3 aromatic heterocycles. The van der Waals surface area contributed by atoms with Gasteiger partial charge in [0, 0.05) is 24.2 Å². The summed E-state index contributed by atoms with van der Waals surface area (Å²) in [5.74, 6) is -1.73. The van der Waals surface area contributed by atoms with Gasteiger partial charge in [-0.3, -0.25) is 4.98 Å². The SMILES string of the molecule is Fc1ccc(-c2cnc3ccn(Cc4cccnn4)c3c2)cc1F. The Morgan fingerprint density at radius 2 is 1.88 bits per heavy atom. The van der Waals surface area contributed by atoms with E-state index in [4.69, 9.17) is 0 Å². The van der Waals surface area contributed by atoms with Crippen molar-refractivity contribution in [1.29, 1.82) is 0 Å². The van der Waals surface area contributed by atoms with E-state index in [1.54, 1.807) is 12.4 Å². The zero-order valence-corrected chi connectivity index (χ0v) is 12.5. The number of fused-ring (bicyclic) bond motifs is 1. The highest BCUT2D eigenvalue weighted by Gasteiger charge is 2.09. The number of nitrogens with zero attached hydrogens (tertiary/aromatic N) is 4. The van der Waals surface area contributed by atoms with Gasteiger partial charge in [0.2, 0.25) is 0 Å². The molecule has 0 N–H and O–H groups in total. The normalized spacial score (nSPS) is 11.1. The molecule has 0 aliphatic heterocycles. The lowest BCUT2D eigenvalue weighted by molar-refractivity contribution is 0.509. The molecule has 0 radical (unpaired) electrons. The lowest BCUT2D eigenvalue weighted by Crippen LogP contribution is -2.01. The summed E-state index contributed by atoms with van der Waals surface area (Å²) in [6, 6.07) is 11.4. The number of hydrogen-bond donors (Lipinski definition) is 0. The molecular formula is C18H12F2N4. The van der Waals surface area contributed by atoms with Crippen LogP contribution in [0.4, 0.5) is 8.78 Å². The van der Waals surface area contributed by atoms with Crippen LogP contribution < -0.4 is 0 Å². The number of hydrogen-bond acceptors (Lipinski definition) is 3. The zero-order valence-electron chi connectivity index (χ0n) is 12.5. The van der Waals surface area contributed by atoms with Crippen molar-refractivity contribution in [3.8, 4) is 11.1 Å². The van der Waals surface area contributed by atoms with Crippen molar-refractivity contribution in [3.63, 3.8) is 0 Å². The molecule has 0 saturated carbocycles. The van der Waals surface area contributed by atoms with Crippen molar-refractivity contribution in [2.45, 2.75) is 6.54 Å². The van der Waals surface area contributed by atoms with Crippen LogP contribution in [-0.2, 0) is 6.54 Å². The van der Waals surface area contributed by atoms with Gasteiger partial charge in [-0.15, -0.1) is 0 Å². The highest BCUT2D eigenvalue weighted by molar-refractivity contribution is 5.81. The van der Waals surface area contributed by atoms with Crippen LogP contribution in [-0.4, -0.2) is 19.7 Å². The highest BCUT2D eigenvalue weighted by atomic mass is 19.2. The Morgan fingerprint density at radius 3 is 2.67 bits per heavy atom. The lowest BCUT2D eigenvalue weighted by Gasteiger charge is -2.06. The average Bonchev–Trinajstić information content (AvgIpc) is 3.00. The van der Waals surface area contributed by atoms with Crippen molar-refractivity contribution in [1.82, 2.24) is 19.7 Å². The zero-order chi connectivity index (χ0) is 16.5. The van der Waals surface area contributed by atoms with Crippen LogP contribution in [0.1, 0.15) is 5.69 Å². The minimum atomic E-state index is -0.873. The topological polar surface area (TPSA) is 43.6 Å². The highest BCUT2D eigenvalue weighted by Crippen LogP contribution is 2.25. The molecule has 0 saturated heterocycles. The smallest absolute Gasteiger partial charge is 0.159 e. The van der Waals surface area contributed by atoms with E-state index in [0.29, 0.717) is 12.1 Å². The molecule has 0 fully saturated rings. The van der Waals surface area contributed by atoms with Crippen LogP contribution in [0.15, 0.2) is 61.1 Å². The van der Waals surface area contributed by atoms with Crippen LogP contribution in [0, 0.1) is 11.6 Å². The lowest BCUT2D eigenvalue weighted by atomic mass is 10.1. The fourth-order valence-electron chi connectivity index (χ4n) is 2.63. The average molecular weight is 322 g/mol. The third-order valence-corrected chi connectivity index (χ3v) is 3.83. The maximum absolute atomic E-state index is 13.5. The van der Waals surface area contributed by atoms with Gasteiger partial charge in [0.05, 0.1) is 23.3 Å². The van der Waals surface area contributed by atoms with Gasteiger partial charge < -0.3 is 4.57 Å². The second kappa shape index (κ2) is 5.81. The van der Waals surface area contributed by atoms with Gasteiger partial charge in [-0.1, -0.05) is 6.07 Å². The summed E-state index contributed by atoms with van der Waals surface area (Å²) in [5.41, 5.74) is 3.84. The Labute approximate surface area is 136 Å². The molecule has 6 heteroatoms. The van der Waals surface area contributed by atoms with Crippen LogP contribution in [0.2, 0.25) is 0 Å². The summed E-state index contributed by atoms with van der Waals surface area (Å²) in [7, 11) is 0. The molecule has 0 spiro atoms. The molecule has 1 aromatic carbocycles. The van der Waals surface area contributed by atoms with E-state index in [2.05, 4.69) is 15.2 Å². The minimum Gasteiger partial charge on any atom is -0.340 e. The third kappa shape index (κ3) is 2.62. The first-order chi connectivity index (χ1) is 11.7. The molecule has 0 unspecified atom stereocenters. The molecule has 0 amide bonds. The number of benzene rings is 1. The summed E-state index contributed by atoms with van der Waals surface area (Å²) < 4.78 is 28.6. The summed E-state index contributed by atoms with van der Waals surface area (Å²) >= 11 is 0. The fourth-order valence-corrected chi connectivity index (χ4v) is 2.63. The largest absolute Gasteiger partial charge is 0.340 e. The first kappa shape index (κ1) is 14.4. The minimum absolute atomic E-state index is 0.556. The van der Waals surface area contributed by atoms with E-state index in [1.165, 1.54) is 12.1 Å². The third-order valence-electron chi connectivity index (χ3n) is 3.83. The van der Waals surface area contributed by atoms with Crippen LogP contribution in [0.5, 0.6) is 0 Å². The summed E-state index contributed by atoms with van der Waals surface area (Å²) in [6.45, 7) is 0.556. The van der Waals surface area contributed by atoms with E-state index in [-0.39, 0.29) is 0 Å². The van der Waals surface area contributed by atoms with E-state index < -0.39 is 11.6 Å². The molecule has 3 heterocycles. The molecule has 118 valence electrons. The van der Waals surface area contributed by atoms with E-state index in [1.807, 2.05) is 35.0 Å². The standard InChI is InChI=1S/C18H12F2N4/c19-15-4-3-12(8-16(15)20)13-9-18-17(21-10-13)5-7-24(18)11-14-2-1-6-22-23-14/h1-10H,11H2. The van der Waals surface area contributed by atoms with E-state index in [9.17, 15) is 8.78 Å². The molecule has 24 heavy (non-hydrogen) atoms. The van der Waals surface area contributed by atoms with Gasteiger partial charge in [-0.25, -0.2) is 8.78 Å². The van der Waals surface area contributed by atoms with Crippen LogP contribution in [0.3, 0.4) is 0 Å². The number of rotatable bonds is 3. The first-order valence-electron chi connectivity index (χ1n) is 7.37. The first-order valence-corrected chi connectivity index (χ1v) is 7.37. The molecule has 4 rings (SSSR count). The Morgan fingerprint density at radius 1 is 0.958 bits per heavy atom. The molecule has 0 bridgehead atoms. The van der Waals surface area contributed by atoms with Gasteiger partial charge in [-0.05, 0) is 42.0 Å². The Bertz CT molecular complexity index is 1010. The number of aromatic nitrogens is 4. The molecule has 0 aliphatic rings. The van der Waals surface area contributed by atoms with Crippen LogP contribution >= 0.6 is 0 Å². The van der Waals surface area contributed by atoms with Gasteiger partial charge in [-0.2, -0.15) is 10.2 Å². The maximum atomic E-state index is 13.5. The van der Waals surface area contributed by atoms with Gasteiger partial charge in [0.15, 0.2) is 11.6 Å². The van der Waals surface area contributed by atoms with Crippen molar-refractivity contribution in [3.05, 3.63) is 78.4 Å². The van der Waals surface area contributed by atoms with Crippen LogP contribution in [0.25, 0.3) is 22.2 Å². The second-order valence-corrected chi connectivity index (χ2v) is 5.42.